The molecule has 2 heterocycles. The number of hydrogen-bond acceptors (Lipinski definition) is 5. The van der Waals surface area contributed by atoms with Crippen LogP contribution in [-0.4, -0.2) is 16.8 Å². The van der Waals surface area contributed by atoms with Crippen molar-refractivity contribution in [1.29, 1.82) is 0 Å². The first-order valence-electron chi connectivity index (χ1n) is 7.85. The van der Waals surface area contributed by atoms with Crippen LogP contribution in [0.3, 0.4) is 0 Å². The minimum absolute atomic E-state index is 0.334. The van der Waals surface area contributed by atoms with Crippen LogP contribution in [0.5, 0.6) is 0 Å². The number of benzene rings is 1. The van der Waals surface area contributed by atoms with Gasteiger partial charge < -0.3 is 11.1 Å². The van der Waals surface area contributed by atoms with Crippen LogP contribution < -0.4 is 11.1 Å². The number of nitrogens with zero attached hydrogens (tertiary/aromatic N) is 1. The number of rotatable bonds is 5. The van der Waals surface area contributed by atoms with Crippen LogP contribution in [0.4, 0.5) is 5.00 Å². The number of carbonyl (C=O) groups excluding carboxylic acids is 2. The van der Waals surface area contributed by atoms with Gasteiger partial charge in [-0.3, -0.25) is 9.59 Å². The highest BCUT2D eigenvalue weighted by atomic mass is 32.1. The molecule has 0 saturated heterocycles. The summed E-state index contributed by atoms with van der Waals surface area (Å²) in [5.41, 5.74) is 8.32. The Balaban J connectivity index is 1.89. The molecule has 0 aliphatic rings. The van der Waals surface area contributed by atoms with Crippen molar-refractivity contribution in [3.05, 3.63) is 62.9 Å². The first-order chi connectivity index (χ1) is 12.5. The van der Waals surface area contributed by atoms with Crippen LogP contribution in [0.1, 0.15) is 25.9 Å². The van der Waals surface area contributed by atoms with Gasteiger partial charge >= 0.3 is 0 Å². The largest absolute Gasteiger partial charge is 0.365 e. The maximum absolute atomic E-state index is 12.3. The van der Waals surface area contributed by atoms with Crippen LogP contribution in [0.15, 0.2) is 41.8 Å². The van der Waals surface area contributed by atoms with E-state index in [1.54, 1.807) is 6.08 Å². The van der Waals surface area contributed by atoms with Gasteiger partial charge in [0.25, 0.3) is 5.91 Å². The lowest BCUT2D eigenvalue weighted by Crippen LogP contribution is -2.16. The molecule has 3 aromatic rings. The van der Waals surface area contributed by atoms with E-state index in [-0.39, 0.29) is 5.91 Å². The average molecular weight is 383 g/mol. The smallest absolute Gasteiger partial charge is 0.252 e. The van der Waals surface area contributed by atoms with E-state index in [4.69, 9.17) is 5.73 Å². The molecule has 2 aromatic heterocycles. The monoisotopic (exact) mass is 383 g/mol. The fourth-order valence-corrected chi connectivity index (χ4v) is 4.26. The van der Waals surface area contributed by atoms with Crippen LogP contribution in [0, 0.1) is 13.8 Å². The number of aryl methyl sites for hydroxylation is 2. The number of thiazole rings is 1. The Kier molecular flexibility index (Phi) is 5.29. The van der Waals surface area contributed by atoms with E-state index in [9.17, 15) is 9.59 Å². The summed E-state index contributed by atoms with van der Waals surface area (Å²) in [6.07, 6.45) is 3.04. The molecule has 0 radical (unpaired) electrons. The Hall–Kier alpha value is -2.77. The van der Waals surface area contributed by atoms with E-state index in [1.165, 1.54) is 28.7 Å². The van der Waals surface area contributed by atoms with Crippen molar-refractivity contribution in [2.75, 3.05) is 5.32 Å². The number of nitrogens with one attached hydrogen (secondary N) is 1. The first-order valence-corrected chi connectivity index (χ1v) is 9.55. The molecule has 3 N–H and O–H groups in total. The molecule has 3 rings (SSSR count). The van der Waals surface area contributed by atoms with Gasteiger partial charge in [-0.2, -0.15) is 0 Å². The molecule has 0 aliphatic carbocycles. The molecule has 0 aliphatic heterocycles. The normalized spacial score (nSPS) is 11.0. The molecule has 26 heavy (non-hydrogen) atoms. The Morgan fingerprint density at radius 1 is 1.19 bits per heavy atom. The fraction of sp³-hybridized carbons (Fsp3) is 0.105. The lowest BCUT2D eigenvalue weighted by molar-refractivity contribution is -0.111. The number of nitrogens with two attached hydrogens (primary N) is 1. The van der Waals surface area contributed by atoms with E-state index in [0.29, 0.717) is 10.6 Å². The predicted octanol–water partition coefficient (Wildman–Crippen LogP) is 4.24. The SMILES string of the molecule is Cc1nc(/C=C/C(=O)Nc2sc(C)c(-c3ccccc3)c2C(N)=O)cs1. The minimum Gasteiger partial charge on any atom is -0.365 e. The summed E-state index contributed by atoms with van der Waals surface area (Å²) >= 11 is 2.85. The van der Waals surface area contributed by atoms with E-state index in [2.05, 4.69) is 10.3 Å². The number of anilines is 1. The molecular weight excluding hydrogens is 366 g/mol. The van der Waals surface area contributed by atoms with Gasteiger partial charge in [-0.05, 0) is 25.5 Å². The van der Waals surface area contributed by atoms with Gasteiger partial charge in [0.15, 0.2) is 0 Å². The molecule has 0 spiro atoms. The van der Waals surface area contributed by atoms with Gasteiger partial charge in [0.05, 0.1) is 16.3 Å². The van der Waals surface area contributed by atoms with Crippen molar-refractivity contribution in [2.24, 2.45) is 5.73 Å². The molecule has 132 valence electrons. The van der Waals surface area contributed by atoms with Crippen molar-refractivity contribution in [2.45, 2.75) is 13.8 Å². The Morgan fingerprint density at radius 2 is 1.92 bits per heavy atom. The molecule has 0 fully saturated rings. The maximum atomic E-state index is 12.3. The van der Waals surface area contributed by atoms with Crippen LogP contribution in [-0.2, 0) is 4.79 Å². The zero-order valence-electron chi connectivity index (χ0n) is 14.3. The third kappa shape index (κ3) is 3.89. The lowest BCUT2D eigenvalue weighted by atomic mass is 10.0. The number of aromatic nitrogens is 1. The number of amides is 2. The van der Waals surface area contributed by atoms with Crippen LogP contribution in [0.2, 0.25) is 0 Å². The molecule has 7 heteroatoms. The van der Waals surface area contributed by atoms with Gasteiger partial charge in [0.2, 0.25) is 5.91 Å². The molecule has 0 saturated carbocycles. The third-order valence-corrected chi connectivity index (χ3v) is 5.48. The quantitative estimate of drug-likeness (QED) is 0.646. The highest BCUT2D eigenvalue weighted by Crippen LogP contribution is 2.39. The standard InChI is InChI=1S/C19H17N3O2S2/c1-11-16(13-6-4-3-5-7-13)17(18(20)24)19(26-11)22-15(23)9-8-14-10-25-12(2)21-14/h3-10H,1-2H3,(H2,20,24)(H,22,23)/b9-8+. The zero-order valence-corrected chi connectivity index (χ0v) is 15.9. The van der Waals surface area contributed by atoms with E-state index in [1.807, 2.05) is 49.6 Å². The van der Waals surface area contributed by atoms with Crippen molar-refractivity contribution in [1.82, 2.24) is 4.98 Å². The Morgan fingerprint density at radius 3 is 2.54 bits per heavy atom. The predicted molar refractivity (Wildman–Crippen MR) is 108 cm³/mol. The highest BCUT2D eigenvalue weighted by molar-refractivity contribution is 7.17. The van der Waals surface area contributed by atoms with E-state index in [0.717, 1.165) is 26.7 Å². The van der Waals surface area contributed by atoms with Gasteiger partial charge in [-0.15, -0.1) is 22.7 Å². The molecule has 0 bridgehead atoms. The van der Waals surface area contributed by atoms with Crippen molar-refractivity contribution < 1.29 is 9.59 Å². The average Bonchev–Trinajstić information content (AvgIpc) is 3.16. The van der Waals surface area contributed by atoms with Gasteiger partial charge in [0, 0.05) is 21.9 Å². The number of thiophene rings is 1. The Labute approximate surface area is 159 Å². The first kappa shape index (κ1) is 18.0. The summed E-state index contributed by atoms with van der Waals surface area (Å²) in [7, 11) is 0. The van der Waals surface area contributed by atoms with E-state index < -0.39 is 5.91 Å². The second kappa shape index (κ2) is 7.63. The van der Waals surface area contributed by atoms with Crippen LogP contribution in [0.25, 0.3) is 17.2 Å². The van der Waals surface area contributed by atoms with Crippen molar-refractivity contribution in [3.8, 4) is 11.1 Å². The molecule has 1 aromatic carbocycles. The Bertz CT molecular complexity index is 988. The summed E-state index contributed by atoms with van der Waals surface area (Å²) in [6, 6.07) is 9.53. The summed E-state index contributed by atoms with van der Waals surface area (Å²) in [5, 5.41) is 6.03. The molecule has 5 nitrogen and oxygen atoms in total. The summed E-state index contributed by atoms with van der Waals surface area (Å²) in [5.74, 6) is -0.901. The molecule has 2 amide bonds. The number of carbonyl (C=O) groups is 2. The maximum Gasteiger partial charge on any atom is 0.252 e. The second-order valence-electron chi connectivity index (χ2n) is 5.58. The van der Waals surface area contributed by atoms with Gasteiger partial charge in [0.1, 0.15) is 5.00 Å². The second-order valence-corrected chi connectivity index (χ2v) is 7.87. The molecule has 0 atom stereocenters. The minimum atomic E-state index is -0.567. The number of primary amides is 1. The zero-order chi connectivity index (χ0) is 18.7. The van der Waals surface area contributed by atoms with Gasteiger partial charge in [-0.1, -0.05) is 30.3 Å². The number of hydrogen-bond donors (Lipinski definition) is 2. The van der Waals surface area contributed by atoms with Crippen molar-refractivity contribution in [3.63, 3.8) is 0 Å². The topological polar surface area (TPSA) is 85.1 Å². The summed E-state index contributed by atoms with van der Waals surface area (Å²) in [4.78, 5) is 29.5. The highest BCUT2D eigenvalue weighted by Gasteiger charge is 2.22. The van der Waals surface area contributed by atoms with Crippen molar-refractivity contribution >= 4 is 45.6 Å². The fourth-order valence-electron chi connectivity index (χ4n) is 2.59. The molecular formula is C19H17N3O2S2. The lowest BCUT2D eigenvalue weighted by Gasteiger charge is -2.05. The summed E-state index contributed by atoms with van der Waals surface area (Å²) in [6.45, 7) is 3.81. The molecule has 0 unspecified atom stereocenters. The third-order valence-electron chi connectivity index (χ3n) is 3.67. The summed E-state index contributed by atoms with van der Waals surface area (Å²) < 4.78 is 0. The van der Waals surface area contributed by atoms with Gasteiger partial charge in [-0.25, -0.2) is 4.98 Å². The van der Waals surface area contributed by atoms with E-state index >= 15 is 0 Å². The van der Waals surface area contributed by atoms with Crippen LogP contribution >= 0.6 is 22.7 Å².